The van der Waals surface area contributed by atoms with Crippen molar-refractivity contribution in [1.82, 2.24) is 0 Å². The van der Waals surface area contributed by atoms with Gasteiger partial charge >= 0.3 is 0 Å². The minimum absolute atomic E-state index is 0.0584. The molecule has 1 aromatic rings. The molecule has 3 heteroatoms. The van der Waals surface area contributed by atoms with Crippen LogP contribution >= 0.6 is 27.5 Å². The van der Waals surface area contributed by atoms with Crippen LogP contribution in [-0.2, 0) is 4.79 Å². The van der Waals surface area contributed by atoms with Crippen molar-refractivity contribution in [2.24, 2.45) is 0 Å². The maximum atomic E-state index is 11.0. The summed E-state index contributed by atoms with van der Waals surface area (Å²) in [5.74, 6) is 0.0584. The number of Topliss-reactive ketones (excluding diaryl/α,β-unsaturated/α-hetero) is 1. The van der Waals surface area contributed by atoms with Crippen LogP contribution in [0.5, 0.6) is 0 Å². The van der Waals surface area contributed by atoms with E-state index in [2.05, 4.69) is 15.9 Å². The van der Waals surface area contributed by atoms with E-state index in [-0.39, 0.29) is 10.6 Å². The average Bonchev–Trinajstić information content (AvgIpc) is 2.04. The molecular weight excluding hydrogens is 239 g/mol. The molecule has 0 bridgehead atoms. The Morgan fingerprint density at radius 2 is 2.08 bits per heavy atom. The molecule has 0 saturated heterocycles. The molecule has 0 aliphatic carbocycles. The highest BCUT2D eigenvalue weighted by molar-refractivity contribution is 9.09. The van der Waals surface area contributed by atoms with Gasteiger partial charge in [0, 0.05) is 5.02 Å². The van der Waals surface area contributed by atoms with Crippen molar-refractivity contribution in [1.29, 1.82) is 0 Å². The zero-order valence-electron chi connectivity index (χ0n) is 6.55. The van der Waals surface area contributed by atoms with Gasteiger partial charge in [0.25, 0.3) is 0 Å². The fraction of sp³-hybridized carbons (Fsp3) is 0.222. The summed E-state index contributed by atoms with van der Waals surface area (Å²) in [6, 6.07) is 7.31. The van der Waals surface area contributed by atoms with E-state index >= 15 is 0 Å². The number of carbonyl (C=O) groups excluding carboxylic acids is 1. The lowest BCUT2D eigenvalue weighted by Crippen LogP contribution is -2.01. The van der Waals surface area contributed by atoms with Gasteiger partial charge in [0.1, 0.15) is 5.78 Å². The van der Waals surface area contributed by atoms with Crippen molar-refractivity contribution in [3.05, 3.63) is 34.9 Å². The van der Waals surface area contributed by atoms with Crippen LogP contribution in [0.15, 0.2) is 24.3 Å². The molecule has 12 heavy (non-hydrogen) atoms. The van der Waals surface area contributed by atoms with Gasteiger partial charge in [-0.25, -0.2) is 0 Å². The summed E-state index contributed by atoms with van der Waals surface area (Å²) in [4.78, 5) is 10.7. The first kappa shape index (κ1) is 9.75. The topological polar surface area (TPSA) is 17.1 Å². The molecule has 0 radical (unpaired) electrons. The van der Waals surface area contributed by atoms with E-state index in [9.17, 15) is 4.79 Å². The van der Waals surface area contributed by atoms with Gasteiger partial charge in [-0.1, -0.05) is 45.7 Å². The van der Waals surface area contributed by atoms with Crippen molar-refractivity contribution in [2.75, 3.05) is 0 Å². The maximum absolute atomic E-state index is 11.0. The summed E-state index contributed by atoms with van der Waals surface area (Å²) in [6.45, 7) is 1.53. The lowest BCUT2D eigenvalue weighted by Gasteiger charge is -2.07. The first-order valence-electron chi connectivity index (χ1n) is 3.52. The maximum Gasteiger partial charge on any atom is 0.147 e. The monoisotopic (exact) mass is 246 g/mol. The minimum atomic E-state index is -0.286. The molecule has 0 N–H and O–H groups in total. The second kappa shape index (κ2) is 4.06. The molecule has 0 aliphatic rings. The molecular formula is C9H8BrClO. The molecule has 0 spiro atoms. The fourth-order valence-electron chi connectivity index (χ4n) is 0.900. The second-order valence-electron chi connectivity index (χ2n) is 2.49. The number of alkyl halides is 1. The lowest BCUT2D eigenvalue weighted by molar-refractivity contribution is -0.116. The van der Waals surface area contributed by atoms with E-state index in [0.717, 1.165) is 5.56 Å². The van der Waals surface area contributed by atoms with Gasteiger partial charge in [-0.3, -0.25) is 4.79 Å². The first-order valence-corrected chi connectivity index (χ1v) is 4.81. The minimum Gasteiger partial charge on any atom is -0.298 e. The number of halogens is 2. The third-order valence-electron chi connectivity index (χ3n) is 1.54. The Bertz CT molecular complexity index is 298. The van der Waals surface area contributed by atoms with Crippen LogP contribution in [-0.4, -0.2) is 5.78 Å². The Labute approximate surface area is 84.9 Å². The first-order chi connectivity index (χ1) is 5.63. The van der Waals surface area contributed by atoms with Crippen molar-refractivity contribution in [2.45, 2.75) is 11.8 Å². The zero-order valence-corrected chi connectivity index (χ0v) is 8.89. The van der Waals surface area contributed by atoms with Crippen molar-refractivity contribution >= 4 is 33.3 Å². The van der Waals surface area contributed by atoms with E-state index in [1.807, 2.05) is 18.2 Å². The molecule has 1 rings (SSSR count). The SMILES string of the molecule is CC(=O)C(Br)c1ccccc1Cl. The van der Waals surface area contributed by atoms with Crippen LogP contribution in [0.4, 0.5) is 0 Å². The van der Waals surface area contributed by atoms with Gasteiger partial charge in [0.15, 0.2) is 0 Å². The van der Waals surface area contributed by atoms with Crippen LogP contribution < -0.4 is 0 Å². The van der Waals surface area contributed by atoms with Gasteiger partial charge in [-0.05, 0) is 18.6 Å². The molecule has 64 valence electrons. The van der Waals surface area contributed by atoms with Crippen LogP contribution in [0.2, 0.25) is 5.02 Å². The lowest BCUT2D eigenvalue weighted by atomic mass is 10.1. The Morgan fingerprint density at radius 1 is 1.50 bits per heavy atom. The molecule has 1 aromatic carbocycles. The molecule has 0 saturated carbocycles. The molecule has 0 aromatic heterocycles. The van der Waals surface area contributed by atoms with E-state index in [4.69, 9.17) is 11.6 Å². The highest BCUT2D eigenvalue weighted by Gasteiger charge is 2.14. The summed E-state index contributed by atoms with van der Waals surface area (Å²) in [5.41, 5.74) is 0.826. The summed E-state index contributed by atoms with van der Waals surface area (Å²) >= 11 is 9.15. The van der Waals surface area contributed by atoms with Gasteiger partial charge in [-0.15, -0.1) is 0 Å². The normalized spacial score (nSPS) is 12.6. The van der Waals surface area contributed by atoms with Gasteiger partial charge in [0.2, 0.25) is 0 Å². The number of rotatable bonds is 2. The van der Waals surface area contributed by atoms with Crippen molar-refractivity contribution < 1.29 is 4.79 Å². The standard InChI is InChI=1S/C9H8BrClO/c1-6(12)9(10)7-4-2-3-5-8(7)11/h2-5,9H,1H3. The predicted molar refractivity (Wildman–Crippen MR) is 53.8 cm³/mol. The van der Waals surface area contributed by atoms with E-state index in [0.29, 0.717) is 5.02 Å². The van der Waals surface area contributed by atoms with Crippen LogP contribution in [0.25, 0.3) is 0 Å². The summed E-state index contributed by atoms with van der Waals surface area (Å²) < 4.78 is 0. The average molecular weight is 248 g/mol. The number of ketones is 1. The summed E-state index contributed by atoms with van der Waals surface area (Å²) in [6.07, 6.45) is 0. The molecule has 1 atom stereocenters. The Hall–Kier alpha value is -0.340. The number of carbonyl (C=O) groups is 1. The molecule has 1 unspecified atom stereocenters. The van der Waals surface area contributed by atoms with Crippen LogP contribution in [0.3, 0.4) is 0 Å². The van der Waals surface area contributed by atoms with Gasteiger partial charge < -0.3 is 0 Å². The molecule has 0 fully saturated rings. The molecule has 0 heterocycles. The Balaban J connectivity index is 3.02. The summed E-state index contributed by atoms with van der Waals surface area (Å²) in [7, 11) is 0. The molecule has 0 amide bonds. The Morgan fingerprint density at radius 3 is 2.58 bits per heavy atom. The smallest absolute Gasteiger partial charge is 0.147 e. The van der Waals surface area contributed by atoms with E-state index in [1.165, 1.54) is 6.92 Å². The second-order valence-corrected chi connectivity index (χ2v) is 3.82. The largest absolute Gasteiger partial charge is 0.298 e. The third kappa shape index (κ3) is 2.08. The van der Waals surface area contributed by atoms with Gasteiger partial charge in [-0.2, -0.15) is 0 Å². The highest BCUT2D eigenvalue weighted by Crippen LogP contribution is 2.29. The predicted octanol–water partition coefficient (Wildman–Crippen LogP) is 3.37. The van der Waals surface area contributed by atoms with E-state index < -0.39 is 0 Å². The van der Waals surface area contributed by atoms with Crippen molar-refractivity contribution in [3.8, 4) is 0 Å². The zero-order chi connectivity index (χ0) is 9.14. The highest BCUT2D eigenvalue weighted by atomic mass is 79.9. The quantitative estimate of drug-likeness (QED) is 0.733. The van der Waals surface area contributed by atoms with Crippen LogP contribution in [0, 0.1) is 0 Å². The number of hydrogen-bond donors (Lipinski definition) is 0. The number of hydrogen-bond acceptors (Lipinski definition) is 1. The Kier molecular flexibility index (Phi) is 3.29. The third-order valence-corrected chi connectivity index (χ3v) is 3.02. The van der Waals surface area contributed by atoms with Crippen molar-refractivity contribution in [3.63, 3.8) is 0 Å². The van der Waals surface area contributed by atoms with Gasteiger partial charge in [0.05, 0.1) is 4.83 Å². The molecule has 0 aliphatic heterocycles. The van der Waals surface area contributed by atoms with Crippen LogP contribution in [0.1, 0.15) is 17.3 Å². The number of benzene rings is 1. The molecule has 1 nitrogen and oxygen atoms in total. The fourth-order valence-corrected chi connectivity index (χ4v) is 1.68. The summed E-state index contributed by atoms with van der Waals surface area (Å²) in [5, 5.41) is 0.620. The van der Waals surface area contributed by atoms with E-state index in [1.54, 1.807) is 6.07 Å².